The highest BCUT2D eigenvalue weighted by atomic mass is 16.6. The molecule has 0 aromatic carbocycles. The SMILES string of the molecule is CC(=O)/C(C)=N\OCCCCCCO/N=C\c1cccc(/C=N/OCCCCC(=O)O)n1. The molecule has 176 valence electrons. The fraction of sp³-hybridized carbons (Fsp3) is 0.545. The van der Waals surface area contributed by atoms with Crippen LogP contribution in [0, 0.1) is 0 Å². The van der Waals surface area contributed by atoms with E-state index in [4.69, 9.17) is 19.6 Å². The molecule has 1 aromatic heterocycles. The second-order valence-corrected chi connectivity index (χ2v) is 6.95. The number of aromatic nitrogens is 1. The summed E-state index contributed by atoms with van der Waals surface area (Å²) in [7, 11) is 0. The van der Waals surface area contributed by atoms with E-state index in [1.807, 2.05) is 6.07 Å². The molecule has 0 spiro atoms. The van der Waals surface area contributed by atoms with E-state index in [-0.39, 0.29) is 12.2 Å². The number of nitrogens with zero attached hydrogens (tertiary/aromatic N) is 4. The van der Waals surface area contributed by atoms with Crippen LogP contribution in [0.3, 0.4) is 0 Å². The molecule has 0 radical (unpaired) electrons. The zero-order valence-electron chi connectivity index (χ0n) is 18.7. The summed E-state index contributed by atoms with van der Waals surface area (Å²) < 4.78 is 0. The second kappa shape index (κ2) is 17.4. The van der Waals surface area contributed by atoms with Gasteiger partial charge in [-0.15, -0.1) is 0 Å². The lowest BCUT2D eigenvalue weighted by Crippen LogP contribution is -2.05. The lowest BCUT2D eigenvalue weighted by molar-refractivity contribution is -0.137. The summed E-state index contributed by atoms with van der Waals surface area (Å²) in [5.74, 6) is -0.900. The number of carboxylic acid groups (broad SMARTS) is 1. The summed E-state index contributed by atoms with van der Waals surface area (Å²) in [5.41, 5.74) is 1.63. The number of carboxylic acids is 1. The fourth-order valence-corrected chi connectivity index (χ4v) is 2.24. The number of hydrogen-bond acceptors (Lipinski definition) is 9. The van der Waals surface area contributed by atoms with Crippen LogP contribution in [0.4, 0.5) is 0 Å². The van der Waals surface area contributed by atoms with E-state index in [2.05, 4.69) is 20.5 Å². The van der Waals surface area contributed by atoms with Gasteiger partial charge in [-0.2, -0.15) is 0 Å². The summed E-state index contributed by atoms with van der Waals surface area (Å²) >= 11 is 0. The van der Waals surface area contributed by atoms with E-state index in [0.29, 0.717) is 49.8 Å². The number of carbonyl (C=O) groups is 2. The van der Waals surface area contributed by atoms with Crippen molar-refractivity contribution in [3.05, 3.63) is 29.6 Å². The predicted octanol–water partition coefficient (Wildman–Crippen LogP) is 3.58. The summed E-state index contributed by atoms with van der Waals surface area (Å²) in [5, 5.41) is 20.0. The van der Waals surface area contributed by atoms with Crippen LogP contribution in [0.15, 0.2) is 33.7 Å². The Balaban J connectivity index is 2.12. The summed E-state index contributed by atoms with van der Waals surface area (Å²) in [6, 6.07) is 5.41. The molecule has 0 amide bonds. The Kier molecular flexibility index (Phi) is 14.5. The molecule has 0 saturated heterocycles. The van der Waals surface area contributed by atoms with E-state index in [1.165, 1.54) is 19.4 Å². The smallest absolute Gasteiger partial charge is 0.303 e. The minimum Gasteiger partial charge on any atom is -0.481 e. The van der Waals surface area contributed by atoms with E-state index in [0.717, 1.165) is 25.7 Å². The average Bonchev–Trinajstić information content (AvgIpc) is 2.76. The van der Waals surface area contributed by atoms with Gasteiger partial charge in [-0.25, -0.2) is 4.98 Å². The van der Waals surface area contributed by atoms with Gasteiger partial charge in [0.2, 0.25) is 0 Å². The van der Waals surface area contributed by atoms with Crippen molar-refractivity contribution in [3.8, 4) is 0 Å². The van der Waals surface area contributed by atoms with Gasteiger partial charge >= 0.3 is 5.97 Å². The Hall–Kier alpha value is -3.30. The van der Waals surface area contributed by atoms with E-state index < -0.39 is 5.97 Å². The van der Waals surface area contributed by atoms with Crippen LogP contribution in [0.25, 0.3) is 0 Å². The first-order chi connectivity index (χ1) is 15.5. The largest absolute Gasteiger partial charge is 0.481 e. The average molecular weight is 449 g/mol. The number of aliphatic carboxylic acids is 1. The molecule has 0 aliphatic carbocycles. The van der Waals surface area contributed by atoms with E-state index >= 15 is 0 Å². The quantitative estimate of drug-likeness (QED) is 0.206. The maximum absolute atomic E-state index is 11.0. The van der Waals surface area contributed by atoms with Crippen molar-refractivity contribution in [2.75, 3.05) is 19.8 Å². The molecule has 10 heteroatoms. The third kappa shape index (κ3) is 14.6. The zero-order chi connectivity index (χ0) is 23.4. The zero-order valence-corrected chi connectivity index (χ0v) is 18.7. The molecule has 1 rings (SSSR count). The first-order valence-electron chi connectivity index (χ1n) is 10.7. The Bertz CT molecular complexity index is 779. The van der Waals surface area contributed by atoms with Crippen molar-refractivity contribution >= 4 is 29.9 Å². The van der Waals surface area contributed by atoms with Crippen LogP contribution in [-0.4, -0.2) is 59.8 Å². The predicted molar refractivity (Wildman–Crippen MR) is 121 cm³/mol. The number of unbranched alkanes of at least 4 members (excludes halogenated alkanes) is 4. The molecule has 1 aromatic rings. The first-order valence-corrected chi connectivity index (χ1v) is 10.7. The third-order valence-electron chi connectivity index (χ3n) is 4.12. The van der Waals surface area contributed by atoms with Gasteiger partial charge < -0.3 is 19.6 Å². The summed E-state index contributed by atoms with van der Waals surface area (Å²) in [6.07, 6.45) is 8.04. The minimum atomic E-state index is -0.811. The van der Waals surface area contributed by atoms with Crippen molar-refractivity contribution in [1.29, 1.82) is 0 Å². The van der Waals surface area contributed by atoms with Gasteiger partial charge in [0.05, 0.1) is 23.8 Å². The Labute approximate surface area is 188 Å². The van der Waals surface area contributed by atoms with Gasteiger partial charge in [0.1, 0.15) is 25.5 Å². The van der Waals surface area contributed by atoms with Gasteiger partial charge in [-0.05, 0) is 57.6 Å². The van der Waals surface area contributed by atoms with Crippen LogP contribution < -0.4 is 0 Å². The van der Waals surface area contributed by atoms with Crippen molar-refractivity contribution in [2.24, 2.45) is 15.5 Å². The molecule has 0 unspecified atom stereocenters. The van der Waals surface area contributed by atoms with Crippen LogP contribution in [0.2, 0.25) is 0 Å². The lowest BCUT2D eigenvalue weighted by atomic mass is 10.2. The maximum Gasteiger partial charge on any atom is 0.303 e. The number of rotatable bonds is 18. The van der Waals surface area contributed by atoms with Crippen molar-refractivity contribution in [3.63, 3.8) is 0 Å². The second-order valence-electron chi connectivity index (χ2n) is 6.95. The molecule has 10 nitrogen and oxygen atoms in total. The Morgan fingerprint density at radius 3 is 1.94 bits per heavy atom. The molecule has 1 heterocycles. The number of hydrogen-bond donors (Lipinski definition) is 1. The van der Waals surface area contributed by atoms with Crippen molar-refractivity contribution < 1.29 is 29.2 Å². The van der Waals surface area contributed by atoms with Crippen molar-refractivity contribution in [2.45, 2.75) is 58.8 Å². The Morgan fingerprint density at radius 2 is 1.41 bits per heavy atom. The maximum atomic E-state index is 11.0. The Morgan fingerprint density at radius 1 is 0.875 bits per heavy atom. The number of Topliss-reactive ketones (excluding diaryl/α,β-unsaturated/α-hetero) is 1. The van der Waals surface area contributed by atoms with Crippen LogP contribution in [0.5, 0.6) is 0 Å². The van der Waals surface area contributed by atoms with Gasteiger partial charge in [-0.1, -0.05) is 21.5 Å². The molecule has 0 bridgehead atoms. The molecule has 0 fully saturated rings. The molecule has 0 saturated carbocycles. The standard InChI is InChI=1S/C22H32N4O6/c1-18(19(2)27)26-32-15-7-4-3-6-13-30-23-16-20-10-9-11-21(25-20)17-24-31-14-8-5-12-22(28)29/h9-11,16-17H,3-8,12-15H2,1-2H3,(H,28,29)/b23-16-,24-17+,26-18-. The fourth-order valence-electron chi connectivity index (χ4n) is 2.24. The summed E-state index contributed by atoms with van der Waals surface area (Å²) in [4.78, 5) is 41.2. The molecule has 1 N–H and O–H groups in total. The molecular formula is C22H32N4O6. The number of ketones is 1. The molecule has 0 aliphatic rings. The van der Waals surface area contributed by atoms with Crippen LogP contribution >= 0.6 is 0 Å². The van der Waals surface area contributed by atoms with Gasteiger partial charge in [-0.3, -0.25) is 9.59 Å². The first kappa shape index (κ1) is 26.7. The molecule has 0 aliphatic heterocycles. The normalized spacial score (nSPS) is 11.8. The summed E-state index contributed by atoms with van der Waals surface area (Å²) in [6.45, 7) is 4.45. The number of oxime groups is 3. The molecular weight excluding hydrogens is 416 g/mol. The van der Waals surface area contributed by atoms with Gasteiger partial charge in [0.15, 0.2) is 5.78 Å². The highest BCUT2D eigenvalue weighted by Crippen LogP contribution is 2.02. The number of carbonyl (C=O) groups excluding carboxylic acids is 1. The van der Waals surface area contributed by atoms with Crippen LogP contribution in [0.1, 0.15) is 70.2 Å². The molecule has 0 atom stereocenters. The van der Waals surface area contributed by atoms with Gasteiger partial charge in [0, 0.05) is 13.3 Å². The van der Waals surface area contributed by atoms with Crippen molar-refractivity contribution in [1.82, 2.24) is 4.98 Å². The molecule has 32 heavy (non-hydrogen) atoms. The van der Waals surface area contributed by atoms with Gasteiger partial charge in [0.25, 0.3) is 0 Å². The highest BCUT2D eigenvalue weighted by molar-refractivity contribution is 6.37. The topological polar surface area (TPSA) is 132 Å². The van der Waals surface area contributed by atoms with Crippen LogP contribution in [-0.2, 0) is 24.1 Å². The monoisotopic (exact) mass is 448 g/mol. The van der Waals surface area contributed by atoms with E-state index in [1.54, 1.807) is 19.1 Å². The lowest BCUT2D eigenvalue weighted by Gasteiger charge is -2.01. The number of pyridine rings is 1. The highest BCUT2D eigenvalue weighted by Gasteiger charge is 1.98. The minimum absolute atomic E-state index is 0.0893. The third-order valence-corrected chi connectivity index (χ3v) is 4.12. The van der Waals surface area contributed by atoms with E-state index in [9.17, 15) is 9.59 Å².